The van der Waals surface area contributed by atoms with Gasteiger partial charge in [-0.2, -0.15) is 0 Å². The van der Waals surface area contributed by atoms with E-state index in [1.165, 1.54) is 0 Å². The highest BCUT2D eigenvalue weighted by atomic mass is 32.1. The number of nitrogens with one attached hydrogen (secondary N) is 1. The number of para-hydroxylation sites is 1. The molecule has 0 aliphatic rings. The van der Waals surface area contributed by atoms with Crippen molar-refractivity contribution in [2.75, 3.05) is 36.9 Å². The third kappa shape index (κ3) is 5.84. The van der Waals surface area contributed by atoms with Crippen molar-refractivity contribution in [3.8, 4) is 11.1 Å². The zero-order chi connectivity index (χ0) is 28.9. The molecule has 0 fully saturated rings. The maximum absolute atomic E-state index is 13.3. The van der Waals surface area contributed by atoms with Crippen LogP contribution in [-0.2, 0) is 4.79 Å². The van der Waals surface area contributed by atoms with E-state index in [9.17, 15) is 9.59 Å². The van der Waals surface area contributed by atoms with Crippen molar-refractivity contribution in [3.05, 3.63) is 114 Å². The van der Waals surface area contributed by atoms with Crippen molar-refractivity contribution in [3.63, 3.8) is 0 Å². The molecule has 1 N–H and O–H groups in total. The Morgan fingerprint density at radius 1 is 0.857 bits per heavy atom. The summed E-state index contributed by atoms with van der Waals surface area (Å²) in [5.74, 6) is -0.165. The van der Waals surface area contributed by atoms with Gasteiger partial charge in [-0.25, -0.2) is 4.98 Å². The van der Waals surface area contributed by atoms with Crippen molar-refractivity contribution < 1.29 is 9.59 Å². The number of thiazole rings is 1. The molecule has 0 aliphatic carbocycles. The van der Waals surface area contributed by atoms with Gasteiger partial charge in [0, 0.05) is 54.3 Å². The summed E-state index contributed by atoms with van der Waals surface area (Å²) < 4.78 is 1.16. The molecule has 42 heavy (non-hydrogen) atoms. The third-order valence-electron chi connectivity index (χ3n) is 7.30. The number of fused-ring (bicyclic) bond motifs is 2. The van der Waals surface area contributed by atoms with Crippen LogP contribution in [0.25, 0.3) is 32.2 Å². The van der Waals surface area contributed by atoms with Crippen LogP contribution in [-0.4, -0.2) is 53.7 Å². The van der Waals surface area contributed by atoms with Crippen LogP contribution in [0.4, 0.5) is 17.1 Å². The summed E-state index contributed by atoms with van der Waals surface area (Å²) >= 11 is 1.63. The average molecular weight is 572 g/mol. The summed E-state index contributed by atoms with van der Waals surface area (Å²) in [4.78, 5) is 37.3. The largest absolute Gasteiger partial charge is 0.373 e. The monoisotopic (exact) mass is 571 g/mol. The van der Waals surface area contributed by atoms with E-state index in [1.807, 2.05) is 79.3 Å². The summed E-state index contributed by atoms with van der Waals surface area (Å²) in [6, 6.07) is 31.8. The Bertz CT molecular complexity index is 1850. The maximum Gasteiger partial charge on any atom is 0.254 e. The molecule has 2 aromatic heterocycles. The molecule has 0 atom stereocenters. The van der Waals surface area contributed by atoms with E-state index in [-0.39, 0.29) is 12.5 Å². The van der Waals surface area contributed by atoms with Gasteiger partial charge in [0.05, 0.1) is 27.8 Å². The Morgan fingerprint density at radius 3 is 2.48 bits per heavy atom. The maximum atomic E-state index is 13.3. The normalized spacial score (nSPS) is 11.0. The van der Waals surface area contributed by atoms with Crippen LogP contribution in [0.3, 0.4) is 0 Å². The van der Waals surface area contributed by atoms with E-state index in [1.54, 1.807) is 22.4 Å². The van der Waals surface area contributed by atoms with Gasteiger partial charge in [0.15, 0.2) is 0 Å². The number of carbonyl (C=O) groups excluding carboxylic acids is 2. The van der Waals surface area contributed by atoms with Crippen LogP contribution >= 0.6 is 11.3 Å². The van der Waals surface area contributed by atoms with Gasteiger partial charge in [0.2, 0.25) is 0 Å². The Hall–Kier alpha value is -5.08. The zero-order valence-electron chi connectivity index (χ0n) is 23.1. The van der Waals surface area contributed by atoms with Crippen LogP contribution in [0.5, 0.6) is 0 Å². The molecule has 6 aromatic rings. The Morgan fingerprint density at radius 2 is 1.67 bits per heavy atom. The van der Waals surface area contributed by atoms with E-state index in [0.717, 1.165) is 55.6 Å². The van der Waals surface area contributed by atoms with Crippen molar-refractivity contribution in [1.82, 2.24) is 14.9 Å². The first-order valence-electron chi connectivity index (χ1n) is 13.7. The first-order chi connectivity index (χ1) is 20.6. The lowest BCUT2D eigenvalue weighted by Crippen LogP contribution is -2.38. The first kappa shape index (κ1) is 27.1. The number of amides is 1. The summed E-state index contributed by atoms with van der Waals surface area (Å²) in [5.41, 5.74) is 9.23. The number of anilines is 3. The van der Waals surface area contributed by atoms with Crippen molar-refractivity contribution >= 4 is 61.7 Å². The fraction of sp³-hybridized carbons (Fsp3) is 0.118. The molecule has 0 spiro atoms. The summed E-state index contributed by atoms with van der Waals surface area (Å²) in [6.07, 6.45) is 2.58. The molecule has 6 rings (SSSR count). The molecule has 8 heteroatoms. The molecule has 4 aromatic carbocycles. The molecule has 0 radical (unpaired) electrons. The molecule has 0 aliphatic heterocycles. The molecular formula is C34H29N5O2S. The minimum atomic E-state index is -0.165. The second-order valence-corrected chi connectivity index (χ2v) is 10.9. The number of benzene rings is 4. The summed E-state index contributed by atoms with van der Waals surface area (Å²) in [5, 5.41) is 4.52. The standard InChI is InChI=1S/C34H29N5O2S/c1-38(28-5-3-2-4-6-28)17-18-39(19-20-40)34(41)25-9-7-24(8-10-25)26-11-13-29-30(15-16-35-31(29)21-26)37-27-12-14-33-32(22-27)36-23-42-33/h2-16,20-23H,17-19H2,1H3,(H,35,37). The number of likely N-dealkylation sites (N-methyl/N-ethyl adjacent to an activating group) is 1. The summed E-state index contributed by atoms with van der Waals surface area (Å²) in [7, 11) is 1.98. The number of hydrogen-bond donors (Lipinski definition) is 1. The molecule has 0 saturated carbocycles. The van der Waals surface area contributed by atoms with Gasteiger partial charge in [0.1, 0.15) is 6.29 Å². The Kier molecular flexibility index (Phi) is 7.87. The lowest BCUT2D eigenvalue weighted by Gasteiger charge is -2.25. The van der Waals surface area contributed by atoms with E-state index in [0.29, 0.717) is 18.7 Å². The van der Waals surface area contributed by atoms with Gasteiger partial charge in [0.25, 0.3) is 5.91 Å². The number of aldehydes is 1. The van der Waals surface area contributed by atoms with Crippen molar-refractivity contribution in [2.24, 2.45) is 0 Å². The van der Waals surface area contributed by atoms with Crippen LogP contribution < -0.4 is 10.2 Å². The second-order valence-electron chi connectivity index (χ2n) is 10.0. The average Bonchev–Trinajstić information content (AvgIpc) is 3.51. The predicted molar refractivity (Wildman–Crippen MR) is 172 cm³/mol. The number of carbonyl (C=O) groups is 2. The number of aromatic nitrogens is 2. The molecule has 208 valence electrons. The third-order valence-corrected chi connectivity index (χ3v) is 8.11. The molecule has 0 saturated heterocycles. The van der Waals surface area contributed by atoms with Crippen LogP contribution in [0.2, 0.25) is 0 Å². The van der Waals surface area contributed by atoms with Gasteiger partial charge in [-0.3, -0.25) is 9.78 Å². The lowest BCUT2D eigenvalue weighted by atomic mass is 10.0. The smallest absolute Gasteiger partial charge is 0.254 e. The minimum absolute atomic E-state index is 0.0492. The van der Waals surface area contributed by atoms with E-state index >= 15 is 0 Å². The number of rotatable bonds is 10. The van der Waals surface area contributed by atoms with Gasteiger partial charge in [-0.1, -0.05) is 42.5 Å². The Labute approximate surface area is 248 Å². The molecule has 0 bridgehead atoms. The highest BCUT2D eigenvalue weighted by molar-refractivity contribution is 7.16. The SMILES string of the molecule is CN(CCN(CC=O)C(=O)c1ccc(-c2ccc3c(Nc4ccc5scnc5c4)ccnc3c2)cc1)c1ccccc1. The molecular weight excluding hydrogens is 542 g/mol. The topological polar surface area (TPSA) is 78.4 Å². The van der Waals surface area contributed by atoms with Gasteiger partial charge in [-0.05, 0) is 65.7 Å². The fourth-order valence-electron chi connectivity index (χ4n) is 4.96. The van der Waals surface area contributed by atoms with E-state index in [4.69, 9.17) is 0 Å². The van der Waals surface area contributed by atoms with Gasteiger partial charge < -0.3 is 19.9 Å². The quantitative estimate of drug-likeness (QED) is 0.178. The fourth-order valence-corrected chi connectivity index (χ4v) is 5.62. The predicted octanol–water partition coefficient (Wildman–Crippen LogP) is 7.03. The van der Waals surface area contributed by atoms with Crippen LogP contribution in [0.1, 0.15) is 10.4 Å². The van der Waals surface area contributed by atoms with Crippen molar-refractivity contribution in [1.29, 1.82) is 0 Å². The highest BCUT2D eigenvalue weighted by Gasteiger charge is 2.16. The number of hydrogen-bond acceptors (Lipinski definition) is 7. The number of pyridine rings is 1. The zero-order valence-corrected chi connectivity index (χ0v) is 23.9. The molecule has 1 amide bonds. The second kappa shape index (κ2) is 12.2. The molecule has 0 unspecified atom stereocenters. The number of nitrogens with zero attached hydrogens (tertiary/aromatic N) is 4. The lowest BCUT2D eigenvalue weighted by molar-refractivity contribution is -0.108. The van der Waals surface area contributed by atoms with Crippen molar-refractivity contribution in [2.45, 2.75) is 0 Å². The van der Waals surface area contributed by atoms with E-state index in [2.05, 4.69) is 50.5 Å². The van der Waals surface area contributed by atoms with Crippen LogP contribution in [0.15, 0.2) is 109 Å². The Balaban J connectivity index is 1.17. The minimum Gasteiger partial charge on any atom is -0.373 e. The van der Waals surface area contributed by atoms with Gasteiger partial charge >= 0.3 is 0 Å². The first-order valence-corrected chi connectivity index (χ1v) is 14.6. The van der Waals surface area contributed by atoms with Gasteiger partial charge in [-0.15, -0.1) is 11.3 Å². The summed E-state index contributed by atoms with van der Waals surface area (Å²) in [6.45, 7) is 1.10. The molecule has 7 nitrogen and oxygen atoms in total. The van der Waals surface area contributed by atoms with Crippen LogP contribution in [0, 0.1) is 0 Å². The molecule has 2 heterocycles. The van der Waals surface area contributed by atoms with E-state index < -0.39 is 0 Å². The highest BCUT2D eigenvalue weighted by Crippen LogP contribution is 2.31.